The lowest BCUT2D eigenvalue weighted by Crippen LogP contribution is -2.39. The molecule has 2 heterocycles. The number of nitriles is 1. The highest BCUT2D eigenvalue weighted by Crippen LogP contribution is 2.42. The van der Waals surface area contributed by atoms with E-state index in [0.29, 0.717) is 10.5 Å². The van der Waals surface area contributed by atoms with Gasteiger partial charge in [-0.15, -0.1) is 11.8 Å². The zero-order valence-electron chi connectivity index (χ0n) is 20.5. The fourth-order valence-electron chi connectivity index (χ4n) is 4.17. The van der Waals surface area contributed by atoms with Gasteiger partial charge < -0.3 is 15.2 Å². The van der Waals surface area contributed by atoms with Crippen LogP contribution in [0.1, 0.15) is 53.9 Å². The van der Waals surface area contributed by atoms with Gasteiger partial charge in [-0.25, -0.2) is 0 Å². The summed E-state index contributed by atoms with van der Waals surface area (Å²) in [6, 6.07) is 8.39. The molecular formula is C26H22F3N3O5S. The lowest BCUT2D eigenvalue weighted by Gasteiger charge is -2.29. The van der Waals surface area contributed by atoms with Crippen LogP contribution in [-0.2, 0) is 15.7 Å². The fourth-order valence-corrected chi connectivity index (χ4v) is 5.41. The first-order valence-electron chi connectivity index (χ1n) is 11.4. The van der Waals surface area contributed by atoms with E-state index >= 15 is 0 Å². The number of ether oxygens (including phenoxy) is 1. The maximum absolute atomic E-state index is 13.7. The molecule has 0 saturated carbocycles. The van der Waals surface area contributed by atoms with Gasteiger partial charge in [-0.05, 0) is 50.6 Å². The largest absolute Gasteiger partial charge is 0.506 e. The second-order valence-corrected chi connectivity index (χ2v) is 10.7. The number of thioether (sulfide) groups is 1. The molecule has 1 unspecified atom stereocenters. The summed E-state index contributed by atoms with van der Waals surface area (Å²) in [5.41, 5.74) is -2.42. The van der Waals surface area contributed by atoms with Gasteiger partial charge in [0, 0.05) is 16.0 Å². The third-order valence-corrected chi connectivity index (χ3v) is 6.85. The van der Waals surface area contributed by atoms with E-state index in [1.165, 1.54) is 40.6 Å². The van der Waals surface area contributed by atoms with Crippen molar-refractivity contribution in [3.63, 3.8) is 0 Å². The molecule has 1 aromatic heterocycles. The van der Waals surface area contributed by atoms with Crippen molar-refractivity contribution >= 4 is 34.5 Å². The van der Waals surface area contributed by atoms with Crippen LogP contribution in [0.5, 0.6) is 5.75 Å². The van der Waals surface area contributed by atoms with Gasteiger partial charge in [0.25, 0.3) is 11.5 Å². The highest BCUT2D eigenvalue weighted by atomic mass is 32.2. The molecule has 1 atom stereocenters. The zero-order chi connectivity index (χ0) is 28.0. The molecule has 4 rings (SSSR count). The molecule has 12 heteroatoms. The van der Waals surface area contributed by atoms with E-state index < -0.39 is 58.7 Å². The van der Waals surface area contributed by atoms with E-state index in [-0.39, 0.29) is 22.2 Å². The Morgan fingerprint density at radius 2 is 1.87 bits per heavy atom. The first-order chi connectivity index (χ1) is 17.7. The number of benzene rings is 2. The number of nitrogens with one attached hydrogen (secondary N) is 1. The quantitative estimate of drug-likeness (QED) is 0.467. The average molecular weight is 546 g/mol. The molecule has 38 heavy (non-hydrogen) atoms. The number of hydrogen-bond acceptors (Lipinski definition) is 7. The second kappa shape index (κ2) is 9.72. The van der Waals surface area contributed by atoms with E-state index in [1.54, 1.807) is 20.8 Å². The summed E-state index contributed by atoms with van der Waals surface area (Å²) in [4.78, 5) is 39.3. The van der Waals surface area contributed by atoms with Gasteiger partial charge >= 0.3 is 12.1 Å². The van der Waals surface area contributed by atoms with Gasteiger partial charge in [-0.1, -0.05) is 12.1 Å². The van der Waals surface area contributed by atoms with Crippen molar-refractivity contribution in [1.29, 1.82) is 5.26 Å². The number of carbonyl (C=O) groups excluding carboxylic acids is 2. The average Bonchev–Trinajstić information content (AvgIpc) is 2.84. The van der Waals surface area contributed by atoms with Gasteiger partial charge in [0.2, 0.25) is 0 Å². The summed E-state index contributed by atoms with van der Waals surface area (Å²) in [6.45, 7) is 4.35. The highest BCUT2D eigenvalue weighted by molar-refractivity contribution is 7.99. The van der Waals surface area contributed by atoms with Crippen molar-refractivity contribution in [3.05, 3.63) is 69.0 Å². The van der Waals surface area contributed by atoms with Gasteiger partial charge in [-0.2, -0.15) is 18.4 Å². The van der Waals surface area contributed by atoms with Crippen LogP contribution < -0.4 is 10.9 Å². The van der Waals surface area contributed by atoms with Crippen LogP contribution >= 0.6 is 11.8 Å². The highest BCUT2D eigenvalue weighted by Gasteiger charge is 2.33. The smallest absolute Gasteiger partial charge is 0.416 e. The Labute approximate surface area is 219 Å². The molecule has 0 radical (unpaired) electrons. The molecule has 1 aliphatic heterocycles. The van der Waals surface area contributed by atoms with E-state index in [0.717, 1.165) is 12.1 Å². The molecular weight excluding hydrogens is 523 g/mol. The van der Waals surface area contributed by atoms with Crippen molar-refractivity contribution in [2.45, 2.75) is 43.5 Å². The Morgan fingerprint density at radius 3 is 2.45 bits per heavy atom. The minimum Gasteiger partial charge on any atom is -0.506 e. The number of aromatic nitrogens is 1. The summed E-state index contributed by atoms with van der Waals surface area (Å²) >= 11 is 1.27. The number of nitrogens with zero attached hydrogens (tertiary/aromatic N) is 2. The third-order valence-electron chi connectivity index (χ3n) is 5.74. The minimum absolute atomic E-state index is 0.0465. The summed E-state index contributed by atoms with van der Waals surface area (Å²) in [6.07, 6.45) is -4.54. The van der Waals surface area contributed by atoms with Gasteiger partial charge in [0.15, 0.2) is 0 Å². The van der Waals surface area contributed by atoms with Crippen molar-refractivity contribution in [2.24, 2.45) is 0 Å². The van der Waals surface area contributed by atoms with E-state index in [2.05, 4.69) is 5.32 Å². The van der Waals surface area contributed by atoms with Crippen LogP contribution in [0.15, 0.2) is 46.1 Å². The number of esters is 1. The van der Waals surface area contributed by atoms with Gasteiger partial charge in [0.1, 0.15) is 23.5 Å². The molecule has 1 aliphatic rings. The first-order valence-corrected chi connectivity index (χ1v) is 12.3. The van der Waals surface area contributed by atoms with Crippen LogP contribution in [0.3, 0.4) is 0 Å². The standard InChI is InChI=1S/C26H22F3N3O5S/c1-25(2,3)37-19(33)11-31-23(35)20-22(34)16-8-13(10-30)9-18-21(16)32(24(20)36)17(12-38-18)14-4-6-15(7-5-14)26(27,28)29/h4-9,17,34H,11-12H2,1-3H3,(H,31,35). The number of aromatic hydroxyl groups is 1. The van der Waals surface area contributed by atoms with Gasteiger partial charge in [0.05, 0.1) is 28.8 Å². The Balaban J connectivity index is 1.85. The van der Waals surface area contributed by atoms with E-state index in [4.69, 9.17) is 4.74 Å². The molecule has 2 N–H and O–H groups in total. The summed E-state index contributed by atoms with van der Waals surface area (Å²) < 4.78 is 45.7. The fraction of sp³-hybridized carbons (Fsp3) is 0.308. The number of carbonyl (C=O) groups is 2. The molecule has 198 valence electrons. The number of hydrogen-bond donors (Lipinski definition) is 2. The Bertz CT molecular complexity index is 1550. The van der Waals surface area contributed by atoms with Crippen LogP contribution in [0, 0.1) is 11.3 Å². The monoisotopic (exact) mass is 545 g/mol. The summed E-state index contributed by atoms with van der Waals surface area (Å²) in [5, 5.41) is 22.8. The van der Waals surface area contributed by atoms with Crippen LogP contribution in [0.4, 0.5) is 13.2 Å². The third kappa shape index (κ3) is 5.19. The molecule has 0 spiro atoms. The van der Waals surface area contributed by atoms with Crippen LogP contribution in [0.25, 0.3) is 10.9 Å². The molecule has 0 bridgehead atoms. The summed E-state index contributed by atoms with van der Waals surface area (Å²) in [5.74, 6) is -2.26. The second-order valence-electron chi connectivity index (χ2n) is 9.60. The maximum atomic E-state index is 13.7. The van der Waals surface area contributed by atoms with Crippen molar-refractivity contribution in [3.8, 4) is 11.8 Å². The number of amides is 1. The number of rotatable bonds is 4. The molecule has 8 nitrogen and oxygen atoms in total. The van der Waals surface area contributed by atoms with Crippen molar-refractivity contribution in [1.82, 2.24) is 9.88 Å². The summed E-state index contributed by atoms with van der Waals surface area (Å²) in [7, 11) is 0. The molecule has 0 saturated heterocycles. The van der Waals surface area contributed by atoms with Gasteiger partial charge in [-0.3, -0.25) is 19.0 Å². The first kappa shape index (κ1) is 27.1. The Morgan fingerprint density at radius 1 is 1.21 bits per heavy atom. The molecule has 3 aromatic rings. The number of halogens is 3. The molecule has 1 amide bonds. The lowest BCUT2D eigenvalue weighted by atomic mass is 10.0. The maximum Gasteiger partial charge on any atom is 0.416 e. The zero-order valence-corrected chi connectivity index (χ0v) is 21.3. The predicted molar refractivity (Wildman–Crippen MR) is 133 cm³/mol. The Kier molecular flexibility index (Phi) is 6.92. The number of alkyl halides is 3. The van der Waals surface area contributed by atoms with Crippen LogP contribution in [0.2, 0.25) is 0 Å². The van der Waals surface area contributed by atoms with E-state index in [9.17, 15) is 37.9 Å². The SMILES string of the molecule is CC(C)(C)OC(=O)CNC(=O)c1c(O)c2cc(C#N)cc3c2n(c1=O)C(c1ccc(C(F)(F)F)cc1)CS3. The van der Waals surface area contributed by atoms with Crippen LogP contribution in [-0.4, -0.2) is 39.4 Å². The Hall–Kier alpha value is -3.98. The predicted octanol–water partition coefficient (Wildman–Crippen LogP) is 4.36. The van der Waals surface area contributed by atoms with Crippen molar-refractivity contribution in [2.75, 3.05) is 12.3 Å². The topological polar surface area (TPSA) is 121 Å². The minimum atomic E-state index is -4.54. The molecule has 0 aliphatic carbocycles. The number of pyridine rings is 1. The van der Waals surface area contributed by atoms with Crippen molar-refractivity contribution < 1.29 is 32.6 Å². The van der Waals surface area contributed by atoms with E-state index in [1.807, 2.05) is 6.07 Å². The molecule has 0 fully saturated rings. The molecule has 2 aromatic carbocycles. The lowest BCUT2D eigenvalue weighted by molar-refractivity contribution is -0.153. The normalized spacial score (nSPS) is 15.1.